The van der Waals surface area contributed by atoms with Crippen molar-refractivity contribution in [3.8, 4) is 23.7 Å². The number of hydroxylamine groups is 1. The smallest absolute Gasteiger partial charge is 0.268 e. The van der Waals surface area contributed by atoms with Crippen LogP contribution in [0.4, 0.5) is 5.69 Å². The molecule has 3 rings (SSSR count). The predicted octanol–water partition coefficient (Wildman–Crippen LogP) is 2.11. The third-order valence-electron chi connectivity index (χ3n) is 5.65. The molecule has 0 saturated carbocycles. The Morgan fingerprint density at radius 1 is 0.900 bits per heavy atom. The van der Waals surface area contributed by atoms with E-state index in [1.54, 1.807) is 36.4 Å². The van der Waals surface area contributed by atoms with Crippen LogP contribution in [0.25, 0.3) is 0 Å². The zero-order valence-corrected chi connectivity index (χ0v) is 22.1. The highest BCUT2D eigenvalue weighted by molar-refractivity contribution is 5.97. The number of aliphatic hydroxyl groups excluding tert-OH is 1. The molecule has 9 heteroatoms. The van der Waals surface area contributed by atoms with Crippen LogP contribution >= 0.6 is 0 Å². The van der Waals surface area contributed by atoms with Crippen LogP contribution in [0.15, 0.2) is 72.8 Å². The van der Waals surface area contributed by atoms with Crippen molar-refractivity contribution in [3.63, 3.8) is 0 Å². The summed E-state index contributed by atoms with van der Waals surface area (Å²) in [5, 5.41) is 26.7. The molecule has 3 aromatic carbocycles. The maximum absolute atomic E-state index is 12.3. The predicted molar refractivity (Wildman–Crippen MR) is 151 cm³/mol. The van der Waals surface area contributed by atoms with Crippen LogP contribution in [0.3, 0.4) is 0 Å². The number of hydrogen-bond donors (Lipinski definition) is 6. The molecule has 0 aliphatic heterocycles. The molecule has 0 fully saturated rings. The molecule has 6 N–H and O–H groups in total. The van der Waals surface area contributed by atoms with E-state index in [1.165, 1.54) is 30.1 Å². The van der Waals surface area contributed by atoms with E-state index in [0.717, 1.165) is 11.1 Å². The third kappa shape index (κ3) is 9.43. The highest BCUT2D eigenvalue weighted by Crippen LogP contribution is 2.09. The molecule has 3 amide bonds. The fourth-order valence-electron chi connectivity index (χ4n) is 3.60. The first kappa shape index (κ1) is 29.6. The Morgan fingerprint density at radius 3 is 2.10 bits per heavy atom. The molecule has 0 heterocycles. The summed E-state index contributed by atoms with van der Waals surface area (Å²) >= 11 is 0. The van der Waals surface area contributed by atoms with Gasteiger partial charge in [0.15, 0.2) is 0 Å². The number of anilines is 1. The van der Waals surface area contributed by atoms with Gasteiger partial charge in [-0.2, -0.15) is 0 Å². The molecule has 9 nitrogen and oxygen atoms in total. The van der Waals surface area contributed by atoms with E-state index >= 15 is 0 Å². The zero-order valence-electron chi connectivity index (χ0n) is 22.1. The average Bonchev–Trinajstić information content (AvgIpc) is 2.94. The van der Waals surface area contributed by atoms with Crippen molar-refractivity contribution >= 4 is 23.4 Å². The number of carbonyl (C=O) groups is 3. The Hall–Kier alpha value is -4.93. The minimum atomic E-state index is -1.30. The van der Waals surface area contributed by atoms with Crippen LogP contribution in [0.2, 0.25) is 0 Å². The molecular weight excluding hydrogens is 508 g/mol. The van der Waals surface area contributed by atoms with Crippen molar-refractivity contribution in [1.29, 1.82) is 0 Å². The van der Waals surface area contributed by atoms with Gasteiger partial charge in [-0.3, -0.25) is 19.6 Å². The largest absolute Gasteiger partial charge is 0.391 e. The lowest BCUT2D eigenvalue weighted by molar-refractivity contribution is -0.133. The van der Waals surface area contributed by atoms with Gasteiger partial charge < -0.3 is 21.1 Å². The number of amides is 3. The summed E-state index contributed by atoms with van der Waals surface area (Å²) < 4.78 is 0. The topological polar surface area (TPSA) is 140 Å². The molecule has 2 unspecified atom stereocenters. The quantitative estimate of drug-likeness (QED) is 0.140. The van der Waals surface area contributed by atoms with Crippen molar-refractivity contribution in [2.24, 2.45) is 0 Å². The SMILES string of the molecule is Cc1cccc(CNCC(=O)Nc2ccc(C#CC#Cc3ccc(C(=O)NC(C(=O)NO)C(C)O)cc3)cc2)c1. The maximum Gasteiger partial charge on any atom is 0.268 e. The monoisotopic (exact) mass is 538 g/mol. The number of hydrogen-bond acceptors (Lipinski definition) is 6. The van der Waals surface area contributed by atoms with Crippen LogP contribution in [0.5, 0.6) is 0 Å². The van der Waals surface area contributed by atoms with Crippen molar-refractivity contribution in [3.05, 3.63) is 101 Å². The first-order valence-corrected chi connectivity index (χ1v) is 12.5. The average molecular weight is 539 g/mol. The van der Waals surface area contributed by atoms with Crippen molar-refractivity contribution in [1.82, 2.24) is 16.1 Å². The molecule has 0 aliphatic carbocycles. The van der Waals surface area contributed by atoms with Crippen LogP contribution in [0.1, 0.15) is 39.5 Å². The summed E-state index contributed by atoms with van der Waals surface area (Å²) in [6.07, 6.45) is -1.20. The molecule has 0 bridgehead atoms. The molecule has 0 aromatic heterocycles. The lowest BCUT2D eigenvalue weighted by Gasteiger charge is -2.19. The molecule has 2 atom stereocenters. The van der Waals surface area contributed by atoms with E-state index in [2.05, 4.69) is 45.7 Å². The number of benzene rings is 3. The summed E-state index contributed by atoms with van der Waals surface area (Å²) in [5.74, 6) is 9.68. The number of carbonyl (C=O) groups excluding carboxylic acids is 3. The summed E-state index contributed by atoms with van der Waals surface area (Å²) in [4.78, 5) is 36.1. The highest BCUT2D eigenvalue weighted by atomic mass is 16.5. The van der Waals surface area contributed by atoms with Crippen molar-refractivity contribution in [2.45, 2.75) is 32.5 Å². The maximum atomic E-state index is 12.3. The Kier molecular flexibility index (Phi) is 11.0. The Bertz CT molecular complexity index is 1460. The fourth-order valence-corrected chi connectivity index (χ4v) is 3.60. The normalized spacial score (nSPS) is 11.5. The lowest BCUT2D eigenvalue weighted by atomic mass is 10.1. The molecule has 204 valence electrons. The van der Waals surface area contributed by atoms with Gasteiger partial charge in [0.25, 0.3) is 11.8 Å². The third-order valence-corrected chi connectivity index (χ3v) is 5.65. The summed E-state index contributed by atoms with van der Waals surface area (Å²) in [5.41, 5.74) is 5.99. The van der Waals surface area contributed by atoms with E-state index in [-0.39, 0.29) is 18.0 Å². The van der Waals surface area contributed by atoms with E-state index < -0.39 is 24.0 Å². The van der Waals surface area contributed by atoms with E-state index in [1.807, 2.05) is 25.1 Å². The number of nitrogens with one attached hydrogen (secondary N) is 4. The second-order valence-corrected chi connectivity index (χ2v) is 8.96. The molecule has 0 aliphatic rings. The second kappa shape index (κ2) is 14.9. The minimum Gasteiger partial charge on any atom is -0.391 e. The molecule has 0 spiro atoms. The summed E-state index contributed by atoms with van der Waals surface area (Å²) in [6.45, 7) is 4.15. The van der Waals surface area contributed by atoms with Crippen molar-refractivity contribution in [2.75, 3.05) is 11.9 Å². The van der Waals surface area contributed by atoms with E-state index in [0.29, 0.717) is 17.8 Å². The van der Waals surface area contributed by atoms with Crippen LogP contribution in [-0.4, -0.2) is 46.7 Å². The van der Waals surface area contributed by atoms with Gasteiger partial charge >= 0.3 is 0 Å². The first-order valence-electron chi connectivity index (χ1n) is 12.5. The van der Waals surface area contributed by atoms with Crippen LogP contribution < -0.4 is 21.4 Å². The van der Waals surface area contributed by atoms with Crippen LogP contribution in [0, 0.1) is 30.6 Å². The summed E-state index contributed by atoms with van der Waals surface area (Å²) in [6, 6.07) is 20.2. The number of rotatable bonds is 9. The van der Waals surface area contributed by atoms with Gasteiger partial charge in [0, 0.05) is 28.9 Å². The lowest BCUT2D eigenvalue weighted by Crippen LogP contribution is -2.51. The number of aliphatic hydroxyl groups is 1. The van der Waals surface area contributed by atoms with E-state index in [9.17, 15) is 19.5 Å². The first-order chi connectivity index (χ1) is 19.2. The Morgan fingerprint density at radius 2 is 1.52 bits per heavy atom. The van der Waals surface area contributed by atoms with Gasteiger partial charge in [0.1, 0.15) is 6.04 Å². The fraction of sp³-hybridized carbons (Fsp3) is 0.194. The minimum absolute atomic E-state index is 0.140. The van der Waals surface area contributed by atoms with Crippen molar-refractivity contribution < 1.29 is 24.7 Å². The van der Waals surface area contributed by atoms with E-state index in [4.69, 9.17) is 5.21 Å². The summed E-state index contributed by atoms with van der Waals surface area (Å²) in [7, 11) is 0. The second-order valence-electron chi connectivity index (χ2n) is 8.96. The van der Waals surface area contributed by atoms with Crippen LogP contribution in [-0.2, 0) is 16.1 Å². The van der Waals surface area contributed by atoms with Gasteiger partial charge in [-0.05, 0) is 79.8 Å². The zero-order chi connectivity index (χ0) is 28.9. The Labute approximate surface area is 233 Å². The Balaban J connectivity index is 1.48. The highest BCUT2D eigenvalue weighted by Gasteiger charge is 2.25. The van der Waals surface area contributed by atoms with Gasteiger partial charge in [-0.25, -0.2) is 5.48 Å². The van der Waals surface area contributed by atoms with Gasteiger partial charge in [0.2, 0.25) is 5.91 Å². The molecular formula is C31H30N4O5. The molecule has 0 saturated heterocycles. The number of aryl methyl sites for hydroxylation is 1. The van der Waals surface area contributed by atoms with Gasteiger partial charge in [-0.1, -0.05) is 41.7 Å². The standard InChI is InChI=1S/C31H30N4O5/c1-21-6-5-9-25(18-21)19-32-20-28(37)33-27-16-12-24(13-17-27)8-4-3-7-23-10-14-26(15-11-23)30(38)34-29(22(2)36)31(39)35-40/h5-6,9-18,22,29,32,36,40H,19-20H2,1-2H3,(H,33,37)(H,34,38)(H,35,39). The van der Waals surface area contributed by atoms with Gasteiger partial charge in [-0.15, -0.1) is 0 Å². The molecule has 3 aromatic rings. The molecule has 40 heavy (non-hydrogen) atoms. The van der Waals surface area contributed by atoms with Gasteiger partial charge in [0.05, 0.1) is 12.6 Å². The molecule has 0 radical (unpaired) electrons.